The topological polar surface area (TPSA) is 78.9 Å². The van der Waals surface area contributed by atoms with E-state index in [9.17, 15) is 4.79 Å². The first kappa shape index (κ1) is 13.2. The molecule has 3 rings (SSSR count). The van der Waals surface area contributed by atoms with E-state index >= 15 is 0 Å². The van der Waals surface area contributed by atoms with Crippen molar-refractivity contribution in [2.45, 2.75) is 30.3 Å². The van der Waals surface area contributed by atoms with Crippen molar-refractivity contribution < 1.29 is 9.90 Å². The molecule has 0 saturated heterocycles. The highest BCUT2D eigenvalue weighted by Gasteiger charge is 2.24. The van der Waals surface area contributed by atoms with Gasteiger partial charge in [-0.15, -0.1) is 5.10 Å². The molecule has 5 nitrogen and oxygen atoms in total. The van der Waals surface area contributed by atoms with Gasteiger partial charge in [0.25, 0.3) is 0 Å². The molecular formula is C14H15N3O2S. The van der Waals surface area contributed by atoms with E-state index in [0.29, 0.717) is 5.16 Å². The quantitative estimate of drug-likeness (QED) is 0.845. The number of aromatic amines is 1. The molecule has 20 heavy (non-hydrogen) atoms. The zero-order valence-electron chi connectivity index (χ0n) is 10.9. The van der Waals surface area contributed by atoms with Crippen LogP contribution in [-0.4, -0.2) is 32.0 Å². The van der Waals surface area contributed by atoms with E-state index in [1.165, 1.54) is 11.1 Å². The lowest BCUT2D eigenvalue weighted by Crippen LogP contribution is -2.12. The number of hydrogen-bond donors (Lipinski definition) is 2. The van der Waals surface area contributed by atoms with Crippen molar-refractivity contribution in [1.82, 2.24) is 15.2 Å². The first-order valence-electron chi connectivity index (χ1n) is 6.59. The molecule has 0 saturated carbocycles. The number of benzene rings is 1. The van der Waals surface area contributed by atoms with E-state index in [1.54, 1.807) is 0 Å². The van der Waals surface area contributed by atoms with Crippen LogP contribution in [0.1, 0.15) is 35.7 Å². The zero-order chi connectivity index (χ0) is 13.9. The third kappa shape index (κ3) is 2.70. The number of thioether (sulfide) groups is 1. The number of aryl methyl sites for hydroxylation is 1. The molecule has 1 heterocycles. The summed E-state index contributed by atoms with van der Waals surface area (Å²) in [6.45, 7) is 0. The minimum absolute atomic E-state index is 0.0153. The van der Waals surface area contributed by atoms with Crippen LogP contribution in [0.2, 0.25) is 0 Å². The van der Waals surface area contributed by atoms with E-state index in [4.69, 9.17) is 5.11 Å². The first-order chi connectivity index (χ1) is 9.74. The molecule has 2 N–H and O–H groups in total. The van der Waals surface area contributed by atoms with E-state index in [-0.39, 0.29) is 11.7 Å². The molecule has 1 aliphatic carbocycles. The fraction of sp³-hybridized carbons (Fsp3) is 0.357. The summed E-state index contributed by atoms with van der Waals surface area (Å²) in [4.78, 5) is 15.0. The molecule has 104 valence electrons. The predicted molar refractivity (Wildman–Crippen MR) is 76.0 cm³/mol. The van der Waals surface area contributed by atoms with Crippen molar-refractivity contribution in [3.63, 3.8) is 0 Å². The van der Waals surface area contributed by atoms with Gasteiger partial charge in [0.05, 0.1) is 5.75 Å². The maximum atomic E-state index is 10.6. The van der Waals surface area contributed by atoms with Gasteiger partial charge in [0.15, 0.2) is 0 Å². The lowest BCUT2D eigenvalue weighted by molar-refractivity contribution is -0.133. The van der Waals surface area contributed by atoms with Gasteiger partial charge in [0, 0.05) is 5.92 Å². The van der Waals surface area contributed by atoms with Crippen LogP contribution in [0.4, 0.5) is 0 Å². The number of nitrogens with one attached hydrogen (secondary N) is 1. The highest BCUT2D eigenvalue weighted by atomic mass is 32.2. The Labute approximate surface area is 120 Å². The van der Waals surface area contributed by atoms with Crippen LogP contribution < -0.4 is 0 Å². The summed E-state index contributed by atoms with van der Waals surface area (Å²) < 4.78 is 0. The minimum atomic E-state index is -0.857. The van der Waals surface area contributed by atoms with Gasteiger partial charge in [-0.25, -0.2) is 4.98 Å². The Bertz CT molecular complexity index is 626. The monoisotopic (exact) mass is 289 g/mol. The van der Waals surface area contributed by atoms with Crippen molar-refractivity contribution in [2.75, 3.05) is 5.75 Å². The van der Waals surface area contributed by atoms with Gasteiger partial charge in [-0.3, -0.25) is 9.89 Å². The Hall–Kier alpha value is -1.82. The number of carbonyl (C=O) groups is 1. The SMILES string of the molecule is O=C(O)CSc1n[nH]c(C2CCCc3ccccc32)n1. The molecule has 0 bridgehead atoms. The Kier molecular flexibility index (Phi) is 3.73. The van der Waals surface area contributed by atoms with Crippen LogP contribution in [0.25, 0.3) is 0 Å². The van der Waals surface area contributed by atoms with Gasteiger partial charge in [-0.2, -0.15) is 0 Å². The maximum Gasteiger partial charge on any atom is 0.313 e. The number of carboxylic acids is 1. The van der Waals surface area contributed by atoms with Gasteiger partial charge in [-0.1, -0.05) is 36.0 Å². The summed E-state index contributed by atoms with van der Waals surface area (Å²) in [6.07, 6.45) is 3.30. The molecule has 1 atom stereocenters. The van der Waals surface area contributed by atoms with Crippen molar-refractivity contribution in [1.29, 1.82) is 0 Å². The van der Waals surface area contributed by atoms with Gasteiger partial charge in [-0.05, 0) is 30.4 Å². The average molecular weight is 289 g/mol. The van der Waals surface area contributed by atoms with Crippen LogP contribution in [-0.2, 0) is 11.2 Å². The predicted octanol–water partition coefficient (Wildman–Crippen LogP) is 2.45. The van der Waals surface area contributed by atoms with Crippen LogP contribution in [0.15, 0.2) is 29.4 Å². The molecular weight excluding hydrogens is 274 g/mol. The number of carboxylic acid groups (broad SMARTS) is 1. The summed E-state index contributed by atoms with van der Waals surface area (Å²) in [7, 11) is 0. The summed E-state index contributed by atoms with van der Waals surface area (Å²) in [5, 5.41) is 16.2. The van der Waals surface area contributed by atoms with Crippen molar-refractivity contribution >= 4 is 17.7 Å². The first-order valence-corrected chi connectivity index (χ1v) is 7.57. The Balaban J connectivity index is 1.82. The van der Waals surface area contributed by atoms with Gasteiger partial charge >= 0.3 is 5.97 Å². The number of aromatic nitrogens is 3. The number of H-pyrrole nitrogens is 1. The van der Waals surface area contributed by atoms with Crippen molar-refractivity contribution in [2.24, 2.45) is 0 Å². The van der Waals surface area contributed by atoms with Gasteiger partial charge < -0.3 is 5.11 Å². The molecule has 1 aromatic heterocycles. The largest absolute Gasteiger partial charge is 0.481 e. The standard InChI is InChI=1S/C14H15N3O2S/c18-12(19)8-20-14-15-13(16-17-14)11-7-3-5-9-4-1-2-6-10(9)11/h1-2,4,6,11H,3,5,7-8H2,(H,18,19)(H,15,16,17). The number of fused-ring (bicyclic) bond motifs is 1. The smallest absolute Gasteiger partial charge is 0.313 e. The zero-order valence-corrected chi connectivity index (χ0v) is 11.7. The van der Waals surface area contributed by atoms with E-state index < -0.39 is 5.97 Å². The molecule has 0 amide bonds. The summed E-state index contributed by atoms with van der Waals surface area (Å²) >= 11 is 1.14. The fourth-order valence-corrected chi connectivity index (χ4v) is 3.17. The van der Waals surface area contributed by atoms with Crippen LogP contribution in [0.5, 0.6) is 0 Å². The van der Waals surface area contributed by atoms with Crippen LogP contribution in [0.3, 0.4) is 0 Å². The third-order valence-electron chi connectivity index (χ3n) is 3.51. The molecule has 2 aromatic rings. The summed E-state index contributed by atoms with van der Waals surface area (Å²) in [5.41, 5.74) is 2.68. The average Bonchev–Trinajstić information content (AvgIpc) is 2.93. The molecule has 0 spiro atoms. The van der Waals surface area contributed by atoms with E-state index in [1.807, 2.05) is 6.07 Å². The highest BCUT2D eigenvalue weighted by Crippen LogP contribution is 2.35. The Morgan fingerprint density at radius 3 is 3.15 bits per heavy atom. The Morgan fingerprint density at radius 2 is 2.30 bits per heavy atom. The fourth-order valence-electron chi connectivity index (χ4n) is 2.64. The molecule has 6 heteroatoms. The van der Waals surface area contributed by atoms with Crippen molar-refractivity contribution in [3.05, 3.63) is 41.2 Å². The van der Waals surface area contributed by atoms with E-state index in [0.717, 1.165) is 36.8 Å². The number of hydrogen-bond acceptors (Lipinski definition) is 4. The van der Waals surface area contributed by atoms with Crippen LogP contribution >= 0.6 is 11.8 Å². The molecule has 1 aliphatic rings. The Morgan fingerprint density at radius 1 is 1.45 bits per heavy atom. The molecule has 1 aromatic carbocycles. The normalized spacial score (nSPS) is 17.7. The lowest BCUT2D eigenvalue weighted by Gasteiger charge is -2.23. The van der Waals surface area contributed by atoms with Gasteiger partial charge in [0.2, 0.25) is 5.16 Å². The number of rotatable bonds is 4. The summed E-state index contributed by atoms with van der Waals surface area (Å²) in [6, 6.07) is 8.42. The number of nitrogens with zero attached hydrogens (tertiary/aromatic N) is 2. The minimum Gasteiger partial charge on any atom is -0.481 e. The summed E-state index contributed by atoms with van der Waals surface area (Å²) in [5.74, 6) is 0.208. The molecule has 0 radical (unpaired) electrons. The maximum absolute atomic E-state index is 10.6. The third-order valence-corrected chi connectivity index (χ3v) is 4.34. The van der Waals surface area contributed by atoms with Crippen molar-refractivity contribution in [3.8, 4) is 0 Å². The molecule has 0 fully saturated rings. The molecule has 0 aliphatic heterocycles. The van der Waals surface area contributed by atoms with E-state index in [2.05, 4.69) is 33.4 Å². The second kappa shape index (κ2) is 5.66. The number of aliphatic carboxylic acids is 1. The second-order valence-electron chi connectivity index (χ2n) is 4.83. The molecule has 1 unspecified atom stereocenters. The second-order valence-corrected chi connectivity index (χ2v) is 5.77. The van der Waals surface area contributed by atoms with Crippen LogP contribution in [0, 0.1) is 0 Å². The lowest BCUT2D eigenvalue weighted by atomic mass is 9.82. The van der Waals surface area contributed by atoms with Gasteiger partial charge in [0.1, 0.15) is 5.82 Å². The highest BCUT2D eigenvalue weighted by molar-refractivity contribution is 7.99.